The molecule has 0 saturated heterocycles. The maximum atomic E-state index is 6.36. The molecule has 1 aliphatic carbocycles. The number of hydrogen-bond acceptors (Lipinski definition) is 2. The second-order valence-corrected chi connectivity index (χ2v) is 5.85. The first-order valence-corrected chi connectivity index (χ1v) is 7.36. The van der Waals surface area contributed by atoms with Crippen LogP contribution in [-0.4, -0.2) is 22.9 Å². The normalized spacial score (nSPS) is 25.1. The van der Waals surface area contributed by atoms with E-state index in [1.165, 1.54) is 37.8 Å². The smallest absolute Gasteiger partial charge is 0.0847 e. The zero-order valence-electron chi connectivity index (χ0n) is 11.7. The summed E-state index contributed by atoms with van der Waals surface area (Å²) in [6, 6.07) is 0.624. The van der Waals surface area contributed by atoms with Crippen molar-refractivity contribution < 1.29 is 0 Å². The van der Waals surface area contributed by atoms with Crippen molar-refractivity contribution in [1.82, 2.24) is 15.1 Å². The lowest BCUT2D eigenvalue weighted by Crippen LogP contribution is -2.34. The molecule has 1 saturated carbocycles. The molecule has 4 heteroatoms. The van der Waals surface area contributed by atoms with E-state index in [1.807, 2.05) is 18.7 Å². The highest BCUT2D eigenvalue weighted by Crippen LogP contribution is 2.29. The molecule has 2 atom stereocenters. The van der Waals surface area contributed by atoms with E-state index >= 15 is 0 Å². The molecule has 1 aliphatic rings. The first kappa shape index (κ1) is 13.9. The van der Waals surface area contributed by atoms with Gasteiger partial charge in [0.2, 0.25) is 0 Å². The summed E-state index contributed by atoms with van der Waals surface area (Å²) in [7, 11) is 4.08. The number of rotatable bonds is 3. The molecule has 1 heterocycles. The van der Waals surface area contributed by atoms with Crippen molar-refractivity contribution in [3.8, 4) is 0 Å². The summed E-state index contributed by atoms with van der Waals surface area (Å²) < 4.78 is 1.95. The van der Waals surface area contributed by atoms with Gasteiger partial charge in [0.25, 0.3) is 0 Å². The van der Waals surface area contributed by atoms with Crippen LogP contribution in [0.2, 0.25) is 5.02 Å². The first-order valence-electron chi connectivity index (χ1n) is 6.98. The lowest BCUT2D eigenvalue weighted by atomic mass is 9.90. The average molecular weight is 270 g/mol. The van der Waals surface area contributed by atoms with Gasteiger partial charge in [0.15, 0.2) is 0 Å². The molecule has 0 aliphatic heterocycles. The van der Waals surface area contributed by atoms with Crippen molar-refractivity contribution in [2.24, 2.45) is 13.0 Å². The van der Waals surface area contributed by atoms with Gasteiger partial charge in [-0.1, -0.05) is 30.9 Å². The van der Waals surface area contributed by atoms with Crippen molar-refractivity contribution in [2.45, 2.75) is 51.5 Å². The Balaban J connectivity index is 2.15. The maximum Gasteiger partial charge on any atom is 0.0847 e. The van der Waals surface area contributed by atoms with E-state index in [0.29, 0.717) is 12.0 Å². The summed E-state index contributed by atoms with van der Waals surface area (Å²) in [5.74, 6) is 0.685. The fourth-order valence-electron chi connectivity index (χ4n) is 3.16. The quantitative estimate of drug-likeness (QED) is 0.855. The fraction of sp³-hybridized carbons (Fsp3) is 0.786. The third-order valence-electron chi connectivity index (χ3n) is 4.25. The zero-order chi connectivity index (χ0) is 13.1. The van der Waals surface area contributed by atoms with Crippen LogP contribution in [0.3, 0.4) is 0 Å². The van der Waals surface area contributed by atoms with Crippen LogP contribution < -0.4 is 5.32 Å². The summed E-state index contributed by atoms with van der Waals surface area (Å²) in [6.07, 6.45) is 7.69. The molecule has 0 aromatic carbocycles. The van der Waals surface area contributed by atoms with Crippen LogP contribution in [0, 0.1) is 12.8 Å². The minimum atomic E-state index is 0.624. The van der Waals surface area contributed by atoms with Gasteiger partial charge < -0.3 is 5.32 Å². The Bertz CT molecular complexity index is 400. The van der Waals surface area contributed by atoms with Gasteiger partial charge in [0.05, 0.1) is 16.4 Å². The fourth-order valence-corrected chi connectivity index (χ4v) is 3.40. The molecule has 2 unspecified atom stereocenters. The molecular weight excluding hydrogens is 246 g/mol. The van der Waals surface area contributed by atoms with Crippen LogP contribution in [-0.2, 0) is 13.5 Å². The van der Waals surface area contributed by atoms with Gasteiger partial charge in [-0.2, -0.15) is 5.10 Å². The maximum absolute atomic E-state index is 6.36. The van der Waals surface area contributed by atoms with Gasteiger partial charge in [-0.15, -0.1) is 0 Å². The van der Waals surface area contributed by atoms with Crippen molar-refractivity contribution in [1.29, 1.82) is 0 Å². The SMILES string of the molecule is CNC1CCCCCC1Cc1c(Cl)c(C)nn1C. The molecule has 3 nitrogen and oxygen atoms in total. The van der Waals surface area contributed by atoms with Gasteiger partial charge in [-0.25, -0.2) is 0 Å². The third-order valence-corrected chi connectivity index (χ3v) is 4.74. The van der Waals surface area contributed by atoms with E-state index in [-0.39, 0.29) is 0 Å². The van der Waals surface area contributed by atoms with E-state index in [2.05, 4.69) is 17.5 Å². The largest absolute Gasteiger partial charge is 0.317 e. The minimum Gasteiger partial charge on any atom is -0.317 e. The summed E-state index contributed by atoms with van der Waals surface area (Å²) in [4.78, 5) is 0. The Morgan fingerprint density at radius 3 is 2.67 bits per heavy atom. The number of aryl methyl sites for hydroxylation is 2. The molecule has 0 radical (unpaired) electrons. The number of nitrogens with zero attached hydrogens (tertiary/aromatic N) is 2. The highest BCUT2D eigenvalue weighted by molar-refractivity contribution is 6.31. The second kappa shape index (κ2) is 6.07. The summed E-state index contributed by atoms with van der Waals surface area (Å²) in [6.45, 7) is 1.98. The predicted octanol–water partition coefficient (Wildman–Crippen LogP) is 3.09. The Morgan fingerprint density at radius 2 is 2.06 bits per heavy atom. The van der Waals surface area contributed by atoms with E-state index in [9.17, 15) is 0 Å². The molecule has 1 aromatic heterocycles. The van der Waals surface area contributed by atoms with Gasteiger partial charge in [-0.05, 0) is 39.2 Å². The van der Waals surface area contributed by atoms with Crippen LogP contribution in [0.4, 0.5) is 0 Å². The van der Waals surface area contributed by atoms with Crippen LogP contribution in [0.5, 0.6) is 0 Å². The summed E-state index contributed by atoms with van der Waals surface area (Å²) >= 11 is 6.36. The first-order chi connectivity index (χ1) is 8.63. The molecule has 1 fully saturated rings. The van der Waals surface area contributed by atoms with Gasteiger partial charge in [0.1, 0.15) is 0 Å². The molecule has 2 rings (SSSR count). The highest BCUT2D eigenvalue weighted by Gasteiger charge is 2.25. The molecule has 0 bridgehead atoms. The molecule has 1 N–H and O–H groups in total. The van der Waals surface area contributed by atoms with Crippen LogP contribution in [0.25, 0.3) is 0 Å². The molecular formula is C14H24ClN3. The van der Waals surface area contributed by atoms with E-state index in [4.69, 9.17) is 11.6 Å². The lowest BCUT2D eigenvalue weighted by molar-refractivity contribution is 0.344. The van der Waals surface area contributed by atoms with Crippen LogP contribution in [0.15, 0.2) is 0 Å². The van der Waals surface area contributed by atoms with Gasteiger partial charge in [0, 0.05) is 13.1 Å². The molecule has 1 aromatic rings. The average Bonchev–Trinajstić information content (AvgIpc) is 2.56. The Morgan fingerprint density at radius 1 is 1.33 bits per heavy atom. The number of aromatic nitrogens is 2. The second-order valence-electron chi connectivity index (χ2n) is 5.47. The van der Waals surface area contributed by atoms with Crippen molar-refractivity contribution in [3.05, 3.63) is 16.4 Å². The van der Waals surface area contributed by atoms with E-state index < -0.39 is 0 Å². The third kappa shape index (κ3) is 2.89. The standard InChI is InChI=1S/C14H24ClN3/c1-10-14(15)13(18(3)17-10)9-11-7-5-4-6-8-12(11)16-2/h11-12,16H,4-9H2,1-3H3. The van der Waals surface area contributed by atoms with E-state index in [1.54, 1.807) is 0 Å². The van der Waals surface area contributed by atoms with E-state index in [0.717, 1.165) is 17.1 Å². The Hall–Kier alpha value is -0.540. The lowest BCUT2D eigenvalue weighted by Gasteiger charge is -2.24. The topological polar surface area (TPSA) is 29.9 Å². The van der Waals surface area contributed by atoms with Gasteiger partial charge >= 0.3 is 0 Å². The van der Waals surface area contributed by atoms with Crippen LogP contribution in [0.1, 0.15) is 43.5 Å². The van der Waals surface area contributed by atoms with Crippen molar-refractivity contribution >= 4 is 11.6 Å². The predicted molar refractivity (Wildman–Crippen MR) is 76.1 cm³/mol. The molecule has 0 spiro atoms. The molecule has 0 amide bonds. The number of halogens is 1. The monoisotopic (exact) mass is 269 g/mol. The highest BCUT2D eigenvalue weighted by atomic mass is 35.5. The number of hydrogen-bond donors (Lipinski definition) is 1. The van der Waals surface area contributed by atoms with Crippen molar-refractivity contribution in [3.63, 3.8) is 0 Å². The van der Waals surface area contributed by atoms with Gasteiger partial charge in [-0.3, -0.25) is 4.68 Å². The van der Waals surface area contributed by atoms with Crippen LogP contribution >= 0.6 is 11.6 Å². The number of nitrogens with one attached hydrogen (secondary N) is 1. The molecule has 18 heavy (non-hydrogen) atoms. The Labute approximate surface area is 115 Å². The zero-order valence-corrected chi connectivity index (χ0v) is 12.4. The molecule has 102 valence electrons. The minimum absolute atomic E-state index is 0.624. The Kier molecular flexibility index (Phi) is 4.68. The summed E-state index contributed by atoms with van der Waals surface area (Å²) in [5, 5.41) is 8.76. The summed E-state index contributed by atoms with van der Waals surface area (Å²) in [5.41, 5.74) is 2.14. The van der Waals surface area contributed by atoms with Crippen molar-refractivity contribution in [2.75, 3.05) is 7.05 Å².